The number of carboxylic acid groups (broad SMARTS) is 1. The maximum Gasteiger partial charge on any atom is 0.407 e. The van der Waals surface area contributed by atoms with Crippen molar-refractivity contribution in [3.63, 3.8) is 0 Å². The van der Waals surface area contributed by atoms with Crippen molar-refractivity contribution in [2.24, 2.45) is 0 Å². The van der Waals surface area contributed by atoms with E-state index < -0.39 is 6.09 Å². The van der Waals surface area contributed by atoms with Crippen LogP contribution in [0.25, 0.3) is 0 Å². The topological polar surface area (TPSA) is 91.2 Å². The van der Waals surface area contributed by atoms with Gasteiger partial charge in [-0.25, -0.2) is 9.78 Å². The Kier molecular flexibility index (Phi) is 3.18. The summed E-state index contributed by atoms with van der Waals surface area (Å²) in [7, 11) is 0. The first-order chi connectivity index (χ1) is 9.22. The highest BCUT2D eigenvalue weighted by Gasteiger charge is 2.27. The van der Waals surface area contributed by atoms with E-state index in [-0.39, 0.29) is 6.04 Å². The van der Waals surface area contributed by atoms with Gasteiger partial charge in [0.1, 0.15) is 0 Å². The molecule has 7 nitrogen and oxygen atoms in total. The Labute approximate surface area is 111 Å². The van der Waals surface area contributed by atoms with Crippen molar-refractivity contribution in [2.45, 2.75) is 37.6 Å². The second-order valence-corrected chi connectivity index (χ2v) is 5.19. The second kappa shape index (κ2) is 4.99. The largest absolute Gasteiger partial charge is 0.465 e. The summed E-state index contributed by atoms with van der Waals surface area (Å²) in [5.74, 6) is 1.06. The van der Waals surface area contributed by atoms with Gasteiger partial charge in [-0.2, -0.15) is 5.10 Å². The van der Waals surface area contributed by atoms with Gasteiger partial charge in [0.05, 0.1) is 11.9 Å². The molecule has 1 amide bonds. The van der Waals surface area contributed by atoms with Gasteiger partial charge in [0.15, 0.2) is 0 Å². The number of hydrogen-bond acceptors (Lipinski definition) is 5. The van der Waals surface area contributed by atoms with Crippen LogP contribution in [0.2, 0.25) is 0 Å². The average Bonchev–Trinajstić information content (AvgIpc) is 3.23. The Balaban J connectivity index is 1.63. The number of anilines is 1. The van der Waals surface area contributed by atoms with E-state index in [0.717, 1.165) is 18.5 Å². The van der Waals surface area contributed by atoms with E-state index in [1.165, 1.54) is 17.7 Å². The molecule has 3 rings (SSSR count). The lowest BCUT2D eigenvalue weighted by Gasteiger charge is -2.31. The molecule has 0 radical (unpaired) electrons. The van der Waals surface area contributed by atoms with Gasteiger partial charge in [0.2, 0.25) is 5.95 Å². The number of hydrogen-bond donors (Lipinski definition) is 2. The summed E-state index contributed by atoms with van der Waals surface area (Å²) in [4.78, 5) is 16.8. The Morgan fingerprint density at radius 2 is 2.26 bits per heavy atom. The summed E-state index contributed by atoms with van der Waals surface area (Å²) in [6.07, 6.45) is 4.99. The van der Waals surface area contributed by atoms with Crippen LogP contribution in [0.3, 0.4) is 0 Å². The van der Waals surface area contributed by atoms with Gasteiger partial charge in [-0.05, 0) is 25.7 Å². The average molecular weight is 263 g/mol. The molecule has 1 aromatic heterocycles. The van der Waals surface area contributed by atoms with Gasteiger partial charge >= 0.3 is 6.09 Å². The highest BCUT2D eigenvalue weighted by atomic mass is 16.4. The minimum atomic E-state index is -0.864. The summed E-state index contributed by atoms with van der Waals surface area (Å²) in [6.45, 7) is 1.08. The smallest absolute Gasteiger partial charge is 0.407 e. The van der Waals surface area contributed by atoms with Gasteiger partial charge in [0.25, 0.3) is 0 Å². The minimum absolute atomic E-state index is 0.0705. The van der Waals surface area contributed by atoms with Crippen molar-refractivity contribution in [3.8, 4) is 0 Å². The van der Waals surface area contributed by atoms with Gasteiger partial charge in [-0.3, -0.25) is 0 Å². The maximum atomic E-state index is 11.0. The monoisotopic (exact) mass is 263 g/mol. The van der Waals surface area contributed by atoms with Gasteiger partial charge in [-0.15, -0.1) is 5.10 Å². The van der Waals surface area contributed by atoms with Gasteiger partial charge in [-0.1, -0.05) is 0 Å². The Morgan fingerprint density at radius 1 is 1.42 bits per heavy atom. The van der Waals surface area contributed by atoms with Crippen LogP contribution in [0.5, 0.6) is 0 Å². The predicted molar refractivity (Wildman–Crippen MR) is 68.0 cm³/mol. The van der Waals surface area contributed by atoms with Crippen LogP contribution in [0.15, 0.2) is 6.20 Å². The molecule has 2 heterocycles. The normalized spacial score (nSPS) is 23.2. The zero-order chi connectivity index (χ0) is 13.2. The molecule has 0 spiro atoms. The van der Waals surface area contributed by atoms with Crippen molar-refractivity contribution in [1.29, 1.82) is 0 Å². The minimum Gasteiger partial charge on any atom is -0.465 e. The zero-order valence-electron chi connectivity index (χ0n) is 10.6. The van der Waals surface area contributed by atoms with E-state index in [2.05, 4.69) is 20.5 Å². The maximum absolute atomic E-state index is 11.0. The molecular formula is C12H17N5O2. The molecule has 0 aromatic carbocycles. The van der Waals surface area contributed by atoms with Crippen LogP contribution >= 0.6 is 0 Å². The van der Waals surface area contributed by atoms with Crippen molar-refractivity contribution < 1.29 is 9.90 Å². The second-order valence-electron chi connectivity index (χ2n) is 5.19. The molecule has 1 saturated carbocycles. The molecule has 0 bridgehead atoms. The molecule has 1 aliphatic carbocycles. The fourth-order valence-electron chi connectivity index (χ4n) is 2.40. The van der Waals surface area contributed by atoms with Crippen LogP contribution in [0.4, 0.5) is 10.7 Å². The van der Waals surface area contributed by atoms with E-state index in [4.69, 9.17) is 5.11 Å². The third-order valence-electron chi connectivity index (χ3n) is 3.60. The quantitative estimate of drug-likeness (QED) is 0.854. The Hall–Kier alpha value is -1.92. The molecule has 1 unspecified atom stereocenters. The standard InChI is InChI=1S/C12H17N5O2/c18-12(19)17-5-1-2-9(7-17)14-11-15-10(6-13-16-11)8-3-4-8/h6,8-9H,1-5,7H2,(H,18,19)(H,14,15,16). The molecule has 1 atom stereocenters. The number of rotatable bonds is 3. The molecular weight excluding hydrogens is 246 g/mol. The number of amides is 1. The first-order valence-electron chi connectivity index (χ1n) is 6.66. The van der Waals surface area contributed by atoms with Crippen molar-refractivity contribution in [2.75, 3.05) is 18.4 Å². The zero-order valence-corrected chi connectivity index (χ0v) is 10.6. The molecule has 7 heteroatoms. The lowest BCUT2D eigenvalue weighted by Crippen LogP contribution is -2.44. The Morgan fingerprint density at radius 3 is 3.00 bits per heavy atom. The summed E-state index contributed by atoms with van der Waals surface area (Å²) in [6, 6.07) is 0.0705. The number of aromatic nitrogens is 3. The van der Waals surface area contributed by atoms with E-state index in [0.29, 0.717) is 25.0 Å². The van der Waals surface area contributed by atoms with Crippen LogP contribution in [0.1, 0.15) is 37.3 Å². The predicted octanol–water partition coefficient (Wildman–Crippen LogP) is 1.30. The van der Waals surface area contributed by atoms with Gasteiger partial charge in [0, 0.05) is 25.0 Å². The molecule has 1 saturated heterocycles. The van der Waals surface area contributed by atoms with E-state index in [1.54, 1.807) is 6.20 Å². The lowest BCUT2D eigenvalue weighted by atomic mass is 10.1. The summed E-state index contributed by atoms with van der Waals surface area (Å²) in [5, 5.41) is 20.1. The number of carbonyl (C=O) groups is 1. The molecule has 19 heavy (non-hydrogen) atoms. The summed E-state index contributed by atoms with van der Waals surface area (Å²) in [5.41, 5.74) is 0.989. The molecule has 2 fully saturated rings. The fraction of sp³-hybridized carbons (Fsp3) is 0.667. The van der Waals surface area contributed by atoms with E-state index in [9.17, 15) is 4.79 Å². The SMILES string of the molecule is O=C(O)N1CCCC(Nc2nncc(C3CC3)n2)C1. The van der Waals surface area contributed by atoms with E-state index in [1.807, 2.05) is 0 Å². The lowest BCUT2D eigenvalue weighted by molar-refractivity contribution is 0.132. The third kappa shape index (κ3) is 2.91. The molecule has 2 aliphatic rings. The summed E-state index contributed by atoms with van der Waals surface area (Å²) < 4.78 is 0. The molecule has 1 aromatic rings. The van der Waals surface area contributed by atoms with Gasteiger partial charge < -0.3 is 15.3 Å². The first-order valence-corrected chi connectivity index (χ1v) is 6.66. The molecule has 102 valence electrons. The highest BCUT2D eigenvalue weighted by Crippen LogP contribution is 2.38. The van der Waals surface area contributed by atoms with Crippen molar-refractivity contribution in [1.82, 2.24) is 20.1 Å². The number of nitrogens with zero attached hydrogens (tertiary/aromatic N) is 4. The first kappa shape index (κ1) is 12.1. The van der Waals surface area contributed by atoms with Crippen LogP contribution in [-0.2, 0) is 0 Å². The van der Waals surface area contributed by atoms with E-state index >= 15 is 0 Å². The number of nitrogens with one attached hydrogen (secondary N) is 1. The third-order valence-corrected chi connectivity index (χ3v) is 3.60. The van der Waals surface area contributed by atoms with Crippen molar-refractivity contribution >= 4 is 12.0 Å². The van der Waals surface area contributed by atoms with Crippen LogP contribution in [-0.4, -0.2) is 50.4 Å². The molecule has 2 N–H and O–H groups in total. The fourth-order valence-corrected chi connectivity index (χ4v) is 2.40. The summed E-state index contributed by atoms with van der Waals surface area (Å²) >= 11 is 0. The van der Waals surface area contributed by atoms with Crippen molar-refractivity contribution in [3.05, 3.63) is 11.9 Å². The highest BCUT2D eigenvalue weighted by molar-refractivity contribution is 5.65. The Bertz CT molecular complexity index is 477. The van der Waals surface area contributed by atoms with Crippen LogP contribution in [0, 0.1) is 0 Å². The number of piperidine rings is 1. The molecule has 1 aliphatic heterocycles. The van der Waals surface area contributed by atoms with Crippen LogP contribution < -0.4 is 5.32 Å². The number of likely N-dealkylation sites (tertiary alicyclic amines) is 1.